The van der Waals surface area contributed by atoms with Gasteiger partial charge in [-0.05, 0) is 120 Å². The van der Waals surface area contributed by atoms with Gasteiger partial charge in [-0.1, -0.05) is 126 Å². The van der Waals surface area contributed by atoms with Gasteiger partial charge in [0.2, 0.25) is 0 Å². The highest BCUT2D eigenvalue weighted by molar-refractivity contribution is 7.00. The number of halogens is 1. The summed E-state index contributed by atoms with van der Waals surface area (Å²) in [5.74, 6) is -0.206. The van der Waals surface area contributed by atoms with Crippen LogP contribution in [0.4, 0.5) is 4.39 Å². The first-order chi connectivity index (χ1) is 26.2. The fraction of sp³-hybridized carbons (Fsp3) is 0.308. The Morgan fingerprint density at radius 1 is 0.446 bits per heavy atom. The second kappa shape index (κ2) is 11.1. The number of fused-ring (bicyclic) bond motifs is 10. The van der Waals surface area contributed by atoms with Gasteiger partial charge in [0.05, 0.1) is 11.0 Å². The zero-order chi connectivity index (χ0) is 39.6. The van der Waals surface area contributed by atoms with Crippen LogP contribution in [0.1, 0.15) is 105 Å². The molecule has 0 N–H and O–H groups in total. The first-order valence-electron chi connectivity index (χ1n) is 20.4. The van der Waals surface area contributed by atoms with Crippen LogP contribution in [0.3, 0.4) is 0 Å². The fourth-order valence-electron chi connectivity index (χ4n) is 9.72. The molecule has 8 aromatic rings. The standard InChI is InChI=1S/C52H52BFN2/c1-49(2,3)30-17-19-42-35(23-30)37-25-32(51(7,8)9)27-39-47(37)55(42)44-21-29(34-15-13-14-16-41(34)54)22-45-46(44)53(39)40-28-33(52(10,11)12)26-38-36-24-31(50(4,5)6)18-20-43(36)56(45)48(38)40/h13-28H,1-12H3. The van der Waals surface area contributed by atoms with Crippen molar-refractivity contribution < 1.29 is 4.39 Å². The van der Waals surface area contributed by atoms with Gasteiger partial charge >= 0.3 is 0 Å². The lowest BCUT2D eigenvalue weighted by Gasteiger charge is -2.36. The molecule has 0 unspecified atom stereocenters. The molecule has 2 aliphatic rings. The van der Waals surface area contributed by atoms with E-state index < -0.39 is 0 Å². The predicted octanol–water partition coefficient (Wildman–Crippen LogP) is 12.0. The molecule has 0 saturated carbocycles. The van der Waals surface area contributed by atoms with Crippen LogP contribution in [0.5, 0.6) is 0 Å². The van der Waals surface area contributed by atoms with Crippen molar-refractivity contribution in [3.63, 3.8) is 0 Å². The van der Waals surface area contributed by atoms with E-state index in [-0.39, 0.29) is 34.2 Å². The number of rotatable bonds is 1. The Balaban J connectivity index is 1.46. The number of hydrogen-bond acceptors (Lipinski definition) is 0. The smallest absolute Gasteiger partial charge is 0.252 e. The molecule has 4 heteroatoms. The summed E-state index contributed by atoms with van der Waals surface area (Å²) in [4.78, 5) is 0. The number of hydrogen-bond donors (Lipinski definition) is 0. The quantitative estimate of drug-likeness (QED) is 0.149. The molecule has 10 rings (SSSR count). The van der Waals surface area contributed by atoms with E-state index in [1.165, 1.54) is 82.3 Å². The first-order valence-corrected chi connectivity index (χ1v) is 20.4. The van der Waals surface area contributed by atoms with Crippen LogP contribution in [0.25, 0.3) is 66.1 Å². The van der Waals surface area contributed by atoms with E-state index in [4.69, 9.17) is 0 Å². The van der Waals surface area contributed by atoms with Crippen molar-refractivity contribution in [2.45, 2.75) is 105 Å². The SMILES string of the molecule is CC(C)(C)c1ccc2c(c1)c1cc(C(C)(C)C)cc3c1n2-c1cc(-c2ccccc2F)cc2c1B3c1cc(C(C)(C)C)cc3c4cc(C(C)(C)C)ccc4n-2c13. The minimum absolute atomic E-state index is 0.00174. The van der Waals surface area contributed by atoms with E-state index >= 15 is 4.39 Å². The van der Waals surface area contributed by atoms with Crippen molar-refractivity contribution in [3.05, 3.63) is 125 Å². The summed E-state index contributed by atoms with van der Waals surface area (Å²) in [6.45, 7) is 27.8. The van der Waals surface area contributed by atoms with E-state index in [9.17, 15) is 0 Å². The van der Waals surface area contributed by atoms with Gasteiger partial charge in [-0.2, -0.15) is 0 Å². The van der Waals surface area contributed by atoms with Gasteiger partial charge in [0, 0.05) is 49.5 Å². The molecule has 56 heavy (non-hydrogen) atoms. The molecular weight excluding hydrogens is 682 g/mol. The maximum Gasteiger partial charge on any atom is 0.252 e. The van der Waals surface area contributed by atoms with Crippen molar-refractivity contribution in [1.82, 2.24) is 9.13 Å². The summed E-state index contributed by atoms with van der Waals surface area (Å²) >= 11 is 0. The zero-order valence-electron chi connectivity index (χ0n) is 35.1. The zero-order valence-corrected chi connectivity index (χ0v) is 35.1. The van der Waals surface area contributed by atoms with Gasteiger partial charge in [-0.25, -0.2) is 4.39 Å². The largest absolute Gasteiger partial charge is 0.310 e. The lowest BCUT2D eigenvalue weighted by atomic mass is 9.34. The molecule has 4 heterocycles. The van der Waals surface area contributed by atoms with Crippen LogP contribution in [0.15, 0.2) is 97.1 Å². The van der Waals surface area contributed by atoms with Crippen LogP contribution >= 0.6 is 0 Å². The molecule has 0 spiro atoms. The second-order valence-electron chi connectivity index (χ2n) is 20.9. The number of aromatic nitrogens is 2. The van der Waals surface area contributed by atoms with Crippen LogP contribution in [0.2, 0.25) is 0 Å². The number of benzene rings is 6. The lowest BCUT2D eigenvalue weighted by Crippen LogP contribution is -2.59. The Morgan fingerprint density at radius 2 is 0.857 bits per heavy atom. The molecule has 0 radical (unpaired) electrons. The fourth-order valence-corrected chi connectivity index (χ4v) is 9.72. The van der Waals surface area contributed by atoms with Crippen LogP contribution in [-0.4, -0.2) is 15.8 Å². The lowest BCUT2D eigenvalue weighted by molar-refractivity contribution is 0.590. The summed E-state index contributed by atoms with van der Waals surface area (Å²) in [6.07, 6.45) is 0. The Morgan fingerprint density at radius 3 is 1.27 bits per heavy atom. The third-order valence-electron chi connectivity index (χ3n) is 13.0. The molecule has 0 atom stereocenters. The average Bonchev–Trinajstić information content (AvgIpc) is 3.63. The first kappa shape index (κ1) is 35.3. The molecule has 0 amide bonds. The molecule has 6 aromatic carbocycles. The summed E-state index contributed by atoms with van der Waals surface area (Å²) in [5.41, 5.74) is 17.9. The van der Waals surface area contributed by atoms with Crippen LogP contribution in [-0.2, 0) is 21.7 Å². The number of nitrogens with zero attached hydrogens (tertiary/aromatic N) is 2. The molecule has 0 aliphatic carbocycles. The molecule has 2 nitrogen and oxygen atoms in total. The van der Waals surface area contributed by atoms with E-state index in [2.05, 4.69) is 165 Å². The molecular formula is C52H52BFN2. The van der Waals surface area contributed by atoms with Crippen molar-refractivity contribution >= 4 is 66.7 Å². The minimum atomic E-state index is -0.206. The minimum Gasteiger partial charge on any atom is -0.310 e. The molecule has 280 valence electrons. The monoisotopic (exact) mass is 734 g/mol. The Kier molecular flexibility index (Phi) is 6.98. The van der Waals surface area contributed by atoms with Gasteiger partial charge < -0.3 is 9.13 Å². The van der Waals surface area contributed by atoms with Crippen LogP contribution in [0, 0.1) is 5.82 Å². The summed E-state index contributed by atoms with van der Waals surface area (Å²) in [6, 6.07) is 36.0. The van der Waals surface area contributed by atoms with E-state index in [0.717, 1.165) is 16.9 Å². The van der Waals surface area contributed by atoms with E-state index in [1.54, 1.807) is 12.1 Å². The third-order valence-corrected chi connectivity index (χ3v) is 13.0. The summed E-state index contributed by atoms with van der Waals surface area (Å²) < 4.78 is 21.0. The third kappa shape index (κ3) is 4.87. The highest BCUT2D eigenvalue weighted by Gasteiger charge is 2.43. The molecule has 2 aromatic heterocycles. The highest BCUT2D eigenvalue weighted by Crippen LogP contribution is 2.44. The maximum atomic E-state index is 16.0. The van der Waals surface area contributed by atoms with Gasteiger partial charge in [0.25, 0.3) is 6.71 Å². The molecule has 0 saturated heterocycles. The van der Waals surface area contributed by atoms with Gasteiger partial charge in [-0.3, -0.25) is 0 Å². The normalized spacial score (nSPS) is 14.1. The van der Waals surface area contributed by atoms with Crippen molar-refractivity contribution in [2.75, 3.05) is 0 Å². The van der Waals surface area contributed by atoms with Crippen LogP contribution < -0.4 is 16.4 Å². The average molecular weight is 735 g/mol. The van der Waals surface area contributed by atoms with Gasteiger partial charge in [0.1, 0.15) is 5.82 Å². The van der Waals surface area contributed by atoms with E-state index in [0.29, 0.717) is 5.56 Å². The summed E-state index contributed by atoms with van der Waals surface area (Å²) in [7, 11) is 0. The van der Waals surface area contributed by atoms with Gasteiger partial charge in [0.15, 0.2) is 0 Å². The topological polar surface area (TPSA) is 9.86 Å². The summed E-state index contributed by atoms with van der Waals surface area (Å²) in [5, 5.41) is 5.14. The van der Waals surface area contributed by atoms with E-state index in [1.807, 2.05) is 12.1 Å². The highest BCUT2D eigenvalue weighted by atomic mass is 19.1. The van der Waals surface area contributed by atoms with Crippen molar-refractivity contribution in [2.24, 2.45) is 0 Å². The van der Waals surface area contributed by atoms with Crippen molar-refractivity contribution in [1.29, 1.82) is 0 Å². The molecule has 0 bridgehead atoms. The van der Waals surface area contributed by atoms with Crippen molar-refractivity contribution in [3.8, 4) is 22.5 Å². The van der Waals surface area contributed by atoms with Gasteiger partial charge in [-0.15, -0.1) is 0 Å². The molecule has 2 aliphatic heterocycles. The predicted molar refractivity (Wildman–Crippen MR) is 240 cm³/mol. The Labute approximate surface area is 331 Å². The Bertz CT molecular complexity index is 2840. The second-order valence-corrected chi connectivity index (χ2v) is 20.9. The Hall–Kier alpha value is -5.09. The molecule has 0 fully saturated rings. The maximum absolute atomic E-state index is 16.0.